The number of alkyl halides is 4. The van der Waals surface area contributed by atoms with E-state index in [1.165, 1.54) is 27.0 Å². The lowest BCUT2D eigenvalue weighted by Crippen LogP contribution is -2.62. The average Bonchev–Trinajstić information content (AvgIpc) is 3.46. The molecule has 13 nitrogen and oxygen atoms in total. The second kappa shape index (κ2) is 13.8. The quantitative estimate of drug-likeness (QED) is 0.139. The number of benzene rings is 1. The van der Waals surface area contributed by atoms with Gasteiger partial charge in [0.1, 0.15) is 12.2 Å². The van der Waals surface area contributed by atoms with Crippen molar-refractivity contribution in [3.05, 3.63) is 59.7 Å². The number of hydrogen-bond acceptors (Lipinski definition) is 10. The predicted octanol–water partition coefficient (Wildman–Crippen LogP) is 5.42. The maximum absolute atomic E-state index is 15.2. The van der Waals surface area contributed by atoms with Crippen molar-refractivity contribution in [2.45, 2.75) is 89.4 Å². The first-order valence-corrected chi connectivity index (χ1v) is 16.0. The molecule has 1 saturated carbocycles. The molecule has 0 bridgehead atoms. The number of alkyl carbamates (subject to hydrolysis) is 1. The van der Waals surface area contributed by atoms with Gasteiger partial charge in [-0.25, -0.2) is 46.5 Å². The standard InChI is InChI=1S/C33H38F4N6O7/c1-30(2,3)50-29(47)42-19-33(36,37)18-31(25(42)44,26(45)48-4)14-22-15-38-27-39-23(16-43(27)41-22)24(21-10-12-32(34,35)13-11-21)40-28(46)49-17-20-8-6-5-7-9-20/h5-9,15-16,21,24H,10-14,17-19H2,1-4H3,(H,40,46)/t24-,31?/m0/s1. The van der Waals surface area contributed by atoms with Crippen molar-refractivity contribution in [2.75, 3.05) is 13.7 Å². The van der Waals surface area contributed by atoms with E-state index in [9.17, 15) is 28.0 Å². The number of hydrogen-bond donors (Lipinski definition) is 1. The Labute approximate surface area is 284 Å². The van der Waals surface area contributed by atoms with Crippen LogP contribution in [0.15, 0.2) is 42.7 Å². The van der Waals surface area contributed by atoms with Crippen molar-refractivity contribution >= 4 is 29.8 Å². The van der Waals surface area contributed by atoms with E-state index in [2.05, 4.69) is 20.4 Å². The summed E-state index contributed by atoms with van der Waals surface area (Å²) in [4.78, 5) is 61.5. The number of ether oxygens (including phenoxy) is 3. The van der Waals surface area contributed by atoms with Crippen LogP contribution in [0, 0.1) is 11.3 Å². The summed E-state index contributed by atoms with van der Waals surface area (Å²) in [6.45, 7) is 3.14. The van der Waals surface area contributed by atoms with E-state index in [-0.39, 0.29) is 41.5 Å². The number of carbonyl (C=O) groups is 4. The van der Waals surface area contributed by atoms with Gasteiger partial charge in [0, 0.05) is 25.7 Å². The monoisotopic (exact) mass is 706 g/mol. The van der Waals surface area contributed by atoms with E-state index in [1.807, 2.05) is 6.07 Å². The average molecular weight is 707 g/mol. The third-order valence-electron chi connectivity index (χ3n) is 8.57. The third-order valence-corrected chi connectivity index (χ3v) is 8.57. The van der Waals surface area contributed by atoms with Gasteiger partial charge in [0.15, 0.2) is 5.41 Å². The number of methoxy groups -OCH3 is 1. The van der Waals surface area contributed by atoms with Gasteiger partial charge in [-0.05, 0) is 45.1 Å². The zero-order valence-electron chi connectivity index (χ0n) is 28.0. The number of imidazole rings is 1. The molecule has 50 heavy (non-hydrogen) atoms. The van der Waals surface area contributed by atoms with Crippen LogP contribution < -0.4 is 5.32 Å². The number of amides is 3. The molecule has 3 aromatic rings. The van der Waals surface area contributed by atoms with Crippen LogP contribution in [0.3, 0.4) is 0 Å². The number of rotatable bonds is 8. The fraction of sp³-hybridized carbons (Fsp3) is 0.545. The van der Waals surface area contributed by atoms with Gasteiger partial charge in [-0.1, -0.05) is 30.3 Å². The van der Waals surface area contributed by atoms with Crippen LogP contribution in [-0.2, 0) is 36.8 Å². The summed E-state index contributed by atoms with van der Waals surface area (Å²) < 4.78 is 75.0. The molecular weight excluding hydrogens is 668 g/mol. The van der Waals surface area contributed by atoms with E-state index in [4.69, 9.17) is 14.2 Å². The molecule has 2 atom stereocenters. The molecule has 270 valence electrons. The molecule has 3 heterocycles. The zero-order chi connectivity index (χ0) is 36.5. The molecule has 3 amide bonds. The number of likely N-dealkylation sites (tertiary alicyclic amines) is 1. The highest BCUT2D eigenvalue weighted by Gasteiger charge is 2.62. The molecular formula is C33H38F4N6O7. The summed E-state index contributed by atoms with van der Waals surface area (Å²) in [6.07, 6.45) is -2.28. The molecule has 2 fully saturated rings. The Morgan fingerprint density at radius 1 is 1.06 bits per heavy atom. The second-order valence-electron chi connectivity index (χ2n) is 13.7. The van der Waals surface area contributed by atoms with Crippen molar-refractivity contribution in [2.24, 2.45) is 11.3 Å². The number of fused-ring (bicyclic) bond motifs is 1. The predicted molar refractivity (Wildman–Crippen MR) is 166 cm³/mol. The molecule has 2 aliphatic rings. The highest BCUT2D eigenvalue weighted by atomic mass is 19.3. The molecule has 0 spiro atoms. The highest BCUT2D eigenvalue weighted by Crippen LogP contribution is 2.44. The fourth-order valence-corrected chi connectivity index (χ4v) is 6.26. The van der Waals surface area contributed by atoms with Gasteiger partial charge in [-0.2, -0.15) is 5.10 Å². The summed E-state index contributed by atoms with van der Waals surface area (Å²) >= 11 is 0. The van der Waals surface area contributed by atoms with Gasteiger partial charge >= 0.3 is 18.2 Å². The molecule has 2 aromatic heterocycles. The van der Waals surface area contributed by atoms with Gasteiger partial charge in [0.05, 0.1) is 43.5 Å². The molecule has 17 heteroatoms. The van der Waals surface area contributed by atoms with Gasteiger partial charge in [-0.15, -0.1) is 0 Å². The molecule has 5 rings (SSSR count). The molecule has 0 radical (unpaired) electrons. The minimum absolute atomic E-state index is 0.00265. The van der Waals surface area contributed by atoms with Gasteiger partial charge < -0.3 is 19.5 Å². The van der Waals surface area contributed by atoms with Crippen LogP contribution in [0.5, 0.6) is 0 Å². The number of nitrogens with one attached hydrogen (secondary N) is 1. The van der Waals surface area contributed by atoms with Gasteiger partial charge in [0.25, 0.3) is 11.7 Å². The molecule has 1 N–H and O–H groups in total. The van der Waals surface area contributed by atoms with Crippen molar-refractivity contribution in [1.82, 2.24) is 29.8 Å². The van der Waals surface area contributed by atoms with Crippen LogP contribution >= 0.6 is 0 Å². The summed E-state index contributed by atoms with van der Waals surface area (Å²) in [5, 5.41) is 7.10. The lowest BCUT2D eigenvalue weighted by Gasteiger charge is -2.42. The van der Waals surface area contributed by atoms with Crippen LogP contribution in [0.1, 0.15) is 75.9 Å². The van der Waals surface area contributed by atoms with Gasteiger partial charge in [-0.3, -0.25) is 9.59 Å². The smallest absolute Gasteiger partial charge is 0.417 e. The second-order valence-corrected chi connectivity index (χ2v) is 13.7. The summed E-state index contributed by atoms with van der Waals surface area (Å²) in [5.41, 5.74) is -2.85. The first kappa shape index (κ1) is 36.5. The van der Waals surface area contributed by atoms with Crippen molar-refractivity contribution in [3.8, 4) is 0 Å². The Balaban J connectivity index is 1.44. The Morgan fingerprint density at radius 2 is 1.74 bits per heavy atom. The van der Waals surface area contributed by atoms with Crippen molar-refractivity contribution in [1.29, 1.82) is 0 Å². The summed E-state index contributed by atoms with van der Waals surface area (Å²) in [7, 11) is 0.929. The minimum atomic E-state index is -3.69. The highest BCUT2D eigenvalue weighted by molar-refractivity contribution is 6.08. The van der Waals surface area contributed by atoms with E-state index < -0.39 is 91.1 Å². The van der Waals surface area contributed by atoms with Crippen LogP contribution in [0.2, 0.25) is 0 Å². The first-order chi connectivity index (χ1) is 23.4. The Morgan fingerprint density at radius 3 is 2.38 bits per heavy atom. The molecule has 1 aliphatic heterocycles. The zero-order valence-corrected chi connectivity index (χ0v) is 28.0. The molecule has 1 aromatic carbocycles. The number of halogens is 4. The molecule has 1 unspecified atom stereocenters. The van der Waals surface area contributed by atoms with Gasteiger partial charge in [0.2, 0.25) is 11.8 Å². The number of carbonyl (C=O) groups excluding carboxylic acids is 4. The lowest BCUT2D eigenvalue weighted by atomic mass is 9.74. The van der Waals surface area contributed by atoms with Crippen LogP contribution in [0.4, 0.5) is 27.2 Å². The number of aromatic nitrogens is 4. The van der Waals surface area contributed by atoms with E-state index in [0.29, 0.717) is 0 Å². The van der Waals surface area contributed by atoms with Crippen LogP contribution in [-0.4, -0.2) is 79.6 Å². The third kappa shape index (κ3) is 8.30. The van der Waals surface area contributed by atoms with E-state index in [1.54, 1.807) is 24.3 Å². The Bertz CT molecular complexity index is 1740. The number of esters is 1. The van der Waals surface area contributed by atoms with E-state index >= 15 is 8.78 Å². The maximum atomic E-state index is 15.2. The normalized spacial score (nSPS) is 21.4. The minimum Gasteiger partial charge on any atom is -0.468 e. The number of nitrogens with zero attached hydrogens (tertiary/aromatic N) is 5. The number of imide groups is 1. The Kier molecular flexibility index (Phi) is 10.1. The molecule has 1 aliphatic carbocycles. The van der Waals surface area contributed by atoms with Crippen molar-refractivity contribution < 1.29 is 51.0 Å². The maximum Gasteiger partial charge on any atom is 0.417 e. The number of piperidine rings is 1. The van der Waals surface area contributed by atoms with Crippen molar-refractivity contribution in [3.63, 3.8) is 0 Å². The summed E-state index contributed by atoms with van der Waals surface area (Å²) in [6, 6.07) is 8.03. The topological polar surface area (TPSA) is 154 Å². The Hall–Kier alpha value is -4.83. The van der Waals surface area contributed by atoms with E-state index in [0.717, 1.165) is 23.4 Å². The first-order valence-electron chi connectivity index (χ1n) is 16.0. The largest absolute Gasteiger partial charge is 0.468 e. The van der Waals surface area contributed by atoms with Crippen LogP contribution in [0.25, 0.3) is 5.78 Å². The molecule has 1 saturated heterocycles. The SMILES string of the molecule is COC(=O)C1(Cc2cnc3nc([C@@H](NC(=O)OCc4ccccc4)C4CCC(F)(F)CC4)cn3n2)CC(F)(F)CN(C(=O)OC(C)(C)C)C1=O. The fourth-order valence-electron chi connectivity index (χ4n) is 6.26. The lowest BCUT2D eigenvalue weighted by molar-refractivity contribution is -0.182. The summed E-state index contributed by atoms with van der Waals surface area (Å²) in [5.74, 6) is -9.54.